The molecule has 0 saturated carbocycles. The maximum atomic E-state index is 6.22. The van der Waals surface area contributed by atoms with Crippen LogP contribution in [0.1, 0.15) is 0 Å². The van der Waals surface area contributed by atoms with Gasteiger partial charge in [-0.05, 0) is 35.9 Å². The highest BCUT2D eigenvalue weighted by Crippen LogP contribution is 2.40. The molecule has 0 fully saturated rings. The van der Waals surface area contributed by atoms with Crippen LogP contribution in [0.4, 0.5) is 5.88 Å². The third-order valence-corrected chi connectivity index (χ3v) is 3.82. The van der Waals surface area contributed by atoms with Crippen molar-refractivity contribution in [1.82, 2.24) is 5.16 Å². The van der Waals surface area contributed by atoms with E-state index >= 15 is 0 Å². The van der Waals surface area contributed by atoms with Crippen molar-refractivity contribution in [2.45, 2.75) is 0 Å². The van der Waals surface area contributed by atoms with Crippen LogP contribution < -0.4 is 5.73 Å². The summed E-state index contributed by atoms with van der Waals surface area (Å²) in [6.45, 7) is 0. The second-order valence-electron chi connectivity index (χ2n) is 4.40. The Kier molecular flexibility index (Phi) is 3.81. The van der Waals surface area contributed by atoms with Gasteiger partial charge in [0, 0.05) is 15.6 Å². The van der Waals surface area contributed by atoms with Crippen LogP contribution in [0, 0.1) is 0 Å². The van der Waals surface area contributed by atoms with Gasteiger partial charge in [0.05, 0.1) is 10.6 Å². The molecule has 3 aromatic rings. The van der Waals surface area contributed by atoms with Gasteiger partial charge in [-0.3, -0.25) is 0 Å². The number of nitrogens with two attached hydrogens (primary N) is 1. The lowest BCUT2D eigenvalue weighted by Crippen LogP contribution is -1.88. The van der Waals surface area contributed by atoms with Gasteiger partial charge >= 0.3 is 0 Å². The van der Waals surface area contributed by atoms with Crippen molar-refractivity contribution in [1.29, 1.82) is 0 Å². The van der Waals surface area contributed by atoms with Gasteiger partial charge in [0.1, 0.15) is 5.69 Å². The fraction of sp³-hybridized carbons (Fsp3) is 0. The molecule has 0 spiro atoms. The van der Waals surface area contributed by atoms with E-state index in [0.717, 1.165) is 5.56 Å². The standard InChI is InChI=1S/C15H9Cl3N2O/c16-9-3-1-2-8(6-9)13-14(20-21-15(13)19)11-7-10(17)4-5-12(11)18/h1-7H,19H2. The Balaban J connectivity index is 2.24. The van der Waals surface area contributed by atoms with Crippen LogP contribution in [0.25, 0.3) is 22.4 Å². The van der Waals surface area contributed by atoms with E-state index in [0.29, 0.717) is 31.9 Å². The first kappa shape index (κ1) is 14.3. The molecule has 0 aliphatic heterocycles. The van der Waals surface area contributed by atoms with E-state index in [4.69, 9.17) is 45.1 Å². The van der Waals surface area contributed by atoms with Gasteiger partial charge < -0.3 is 10.3 Å². The first-order chi connectivity index (χ1) is 10.1. The van der Waals surface area contributed by atoms with E-state index in [1.807, 2.05) is 12.1 Å². The van der Waals surface area contributed by atoms with Crippen molar-refractivity contribution in [3.63, 3.8) is 0 Å². The molecule has 1 heterocycles. The zero-order valence-corrected chi connectivity index (χ0v) is 12.9. The van der Waals surface area contributed by atoms with Crippen molar-refractivity contribution in [2.24, 2.45) is 0 Å². The van der Waals surface area contributed by atoms with Crippen molar-refractivity contribution in [3.8, 4) is 22.4 Å². The van der Waals surface area contributed by atoms with Crippen LogP contribution >= 0.6 is 34.8 Å². The van der Waals surface area contributed by atoms with Gasteiger partial charge in [-0.2, -0.15) is 0 Å². The van der Waals surface area contributed by atoms with E-state index in [1.54, 1.807) is 30.3 Å². The Morgan fingerprint density at radius 1 is 0.952 bits per heavy atom. The summed E-state index contributed by atoms with van der Waals surface area (Å²) in [7, 11) is 0. The molecule has 0 unspecified atom stereocenters. The maximum Gasteiger partial charge on any atom is 0.230 e. The lowest BCUT2D eigenvalue weighted by molar-refractivity contribution is 0.439. The van der Waals surface area contributed by atoms with Gasteiger partial charge in [-0.15, -0.1) is 0 Å². The third kappa shape index (κ3) is 2.72. The molecule has 0 amide bonds. The topological polar surface area (TPSA) is 52.0 Å². The number of nitrogens with zero attached hydrogens (tertiary/aromatic N) is 1. The smallest absolute Gasteiger partial charge is 0.230 e. The predicted molar refractivity (Wildman–Crippen MR) is 86.8 cm³/mol. The molecule has 2 aromatic carbocycles. The summed E-state index contributed by atoms with van der Waals surface area (Å²) in [6, 6.07) is 12.4. The largest absolute Gasteiger partial charge is 0.367 e. The van der Waals surface area contributed by atoms with Gasteiger partial charge in [0.15, 0.2) is 0 Å². The van der Waals surface area contributed by atoms with Crippen molar-refractivity contribution < 1.29 is 4.52 Å². The van der Waals surface area contributed by atoms with Crippen LogP contribution in [-0.2, 0) is 0 Å². The molecular weight excluding hydrogens is 331 g/mol. The van der Waals surface area contributed by atoms with Gasteiger partial charge in [0.2, 0.25) is 5.88 Å². The number of benzene rings is 2. The number of hydrogen-bond donors (Lipinski definition) is 1. The minimum Gasteiger partial charge on any atom is -0.367 e. The monoisotopic (exact) mass is 338 g/mol. The summed E-state index contributed by atoms with van der Waals surface area (Å²) in [5.41, 5.74) is 8.52. The number of anilines is 1. The maximum absolute atomic E-state index is 6.22. The predicted octanol–water partition coefficient (Wildman–Crippen LogP) is 5.55. The highest BCUT2D eigenvalue weighted by atomic mass is 35.5. The highest BCUT2D eigenvalue weighted by Gasteiger charge is 2.19. The van der Waals surface area contributed by atoms with Crippen LogP contribution in [0.3, 0.4) is 0 Å². The Bertz CT molecular complexity index is 814. The summed E-state index contributed by atoms with van der Waals surface area (Å²) in [6.07, 6.45) is 0. The van der Waals surface area contributed by atoms with Crippen LogP contribution in [0.2, 0.25) is 15.1 Å². The Labute approximate surface area is 136 Å². The van der Waals surface area contributed by atoms with E-state index in [-0.39, 0.29) is 5.88 Å². The second-order valence-corrected chi connectivity index (χ2v) is 5.69. The van der Waals surface area contributed by atoms with E-state index < -0.39 is 0 Å². The van der Waals surface area contributed by atoms with E-state index in [9.17, 15) is 0 Å². The first-order valence-corrected chi connectivity index (χ1v) is 7.16. The number of hydrogen-bond acceptors (Lipinski definition) is 3. The number of nitrogen functional groups attached to an aromatic ring is 1. The highest BCUT2D eigenvalue weighted by molar-refractivity contribution is 6.35. The summed E-state index contributed by atoms with van der Waals surface area (Å²) in [5, 5.41) is 5.66. The normalized spacial score (nSPS) is 10.8. The molecule has 0 saturated heterocycles. The number of aromatic nitrogens is 1. The van der Waals surface area contributed by atoms with Crippen molar-refractivity contribution in [3.05, 3.63) is 57.5 Å². The summed E-state index contributed by atoms with van der Waals surface area (Å²) >= 11 is 18.3. The van der Waals surface area contributed by atoms with Gasteiger partial charge in [-0.25, -0.2) is 0 Å². The molecule has 1 aromatic heterocycles. The minimum absolute atomic E-state index is 0.198. The molecule has 0 radical (unpaired) electrons. The molecule has 21 heavy (non-hydrogen) atoms. The number of halogens is 3. The fourth-order valence-electron chi connectivity index (χ4n) is 2.09. The van der Waals surface area contributed by atoms with E-state index in [1.165, 1.54) is 0 Å². The minimum atomic E-state index is 0.198. The zero-order valence-electron chi connectivity index (χ0n) is 10.6. The third-order valence-electron chi connectivity index (χ3n) is 3.02. The second kappa shape index (κ2) is 5.60. The molecule has 106 valence electrons. The average Bonchev–Trinajstić information content (AvgIpc) is 2.83. The van der Waals surface area contributed by atoms with Crippen molar-refractivity contribution in [2.75, 3.05) is 5.73 Å². The fourth-order valence-corrected chi connectivity index (χ4v) is 2.66. The van der Waals surface area contributed by atoms with Gasteiger partial charge in [0.25, 0.3) is 0 Å². The Morgan fingerprint density at radius 3 is 2.48 bits per heavy atom. The van der Waals surface area contributed by atoms with Gasteiger partial charge in [-0.1, -0.05) is 52.1 Å². The molecule has 0 atom stereocenters. The Morgan fingerprint density at radius 2 is 1.71 bits per heavy atom. The zero-order chi connectivity index (χ0) is 15.0. The molecule has 0 bridgehead atoms. The van der Waals surface area contributed by atoms with Crippen LogP contribution in [0.5, 0.6) is 0 Å². The summed E-state index contributed by atoms with van der Waals surface area (Å²) in [4.78, 5) is 0. The lowest BCUT2D eigenvalue weighted by Gasteiger charge is -2.05. The Hall–Kier alpha value is -1.68. The van der Waals surface area contributed by atoms with E-state index in [2.05, 4.69) is 5.16 Å². The number of rotatable bonds is 2. The van der Waals surface area contributed by atoms with Crippen LogP contribution in [-0.4, -0.2) is 5.16 Å². The molecule has 6 heteroatoms. The summed E-state index contributed by atoms with van der Waals surface area (Å²) < 4.78 is 5.12. The van der Waals surface area contributed by atoms with Crippen LogP contribution in [0.15, 0.2) is 47.0 Å². The lowest BCUT2D eigenvalue weighted by atomic mass is 10.0. The molecule has 3 rings (SSSR count). The first-order valence-electron chi connectivity index (χ1n) is 6.03. The molecule has 0 aliphatic carbocycles. The SMILES string of the molecule is Nc1onc(-c2cc(Cl)ccc2Cl)c1-c1cccc(Cl)c1. The molecule has 3 nitrogen and oxygen atoms in total. The molecule has 2 N–H and O–H groups in total. The van der Waals surface area contributed by atoms with Crippen molar-refractivity contribution >= 4 is 40.7 Å². The molecule has 0 aliphatic rings. The quantitative estimate of drug-likeness (QED) is 0.666. The molecular formula is C15H9Cl3N2O. The summed E-state index contributed by atoms with van der Waals surface area (Å²) in [5.74, 6) is 0.198. The average molecular weight is 340 g/mol.